The monoisotopic (exact) mass is 250 g/mol. The van der Waals surface area contributed by atoms with Crippen LogP contribution in [0, 0.1) is 6.92 Å². The van der Waals surface area contributed by atoms with Crippen LogP contribution in [0.15, 0.2) is 17.0 Å². The first-order valence-corrected chi connectivity index (χ1v) is 5.72. The number of carbonyl (C=O) groups excluding carboxylic acids is 1. The number of ether oxygens (including phenoxy) is 1. The minimum atomic E-state index is -0.334. The van der Waals surface area contributed by atoms with E-state index in [-0.39, 0.29) is 11.9 Å². The number of rotatable bonds is 3. The van der Waals surface area contributed by atoms with Crippen molar-refractivity contribution < 1.29 is 9.53 Å². The first kappa shape index (κ1) is 11.5. The van der Waals surface area contributed by atoms with Crippen molar-refractivity contribution in [2.24, 2.45) is 0 Å². The number of hydrogen-bond donors (Lipinski definition) is 1. The third-order valence-electron chi connectivity index (χ3n) is 1.93. The number of hydrogen-bond acceptors (Lipinski definition) is 6. The molecule has 2 aromatic heterocycles. The van der Waals surface area contributed by atoms with E-state index in [1.165, 1.54) is 18.4 Å². The van der Waals surface area contributed by atoms with E-state index in [1.54, 1.807) is 23.9 Å². The molecule has 0 saturated carbocycles. The smallest absolute Gasteiger partial charge is 0.277 e. The first-order chi connectivity index (χ1) is 8.19. The highest BCUT2D eigenvalue weighted by molar-refractivity contribution is 7.07. The van der Waals surface area contributed by atoms with E-state index in [0.29, 0.717) is 17.3 Å². The molecule has 0 aliphatic rings. The van der Waals surface area contributed by atoms with Gasteiger partial charge in [-0.1, -0.05) is 0 Å². The van der Waals surface area contributed by atoms with Crippen molar-refractivity contribution in [2.75, 3.05) is 12.4 Å². The quantitative estimate of drug-likeness (QED) is 0.893. The van der Waals surface area contributed by atoms with Gasteiger partial charge in [0, 0.05) is 17.1 Å². The summed E-state index contributed by atoms with van der Waals surface area (Å²) >= 11 is 1.35. The fourth-order valence-corrected chi connectivity index (χ4v) is 1.72. The Bertz CT molecular complexity index is 527. The summed E-state index contributed by atoms with van der Waals surface area (Å²) in [5.74, 6) is 0.282. The molecule has 7 heteroatoms. The molecule has 0 aliphatic heterocycles. The highest BCUT2D eigenvalue weighted by atomic mass is 32.1. The van der Waals surface area contributed by atoms with Gasteiger partial charge in [-0.2, -0.15) is 4.98 Å². The summed E-state index contributed by atoms with van der Waals surface area (Å²) in [6, 6.07) is 1.68. The zero-order valence-electron chi connectivity index (χ0n) is 9.30. The SMILES string of the molecule is COc1cc(C)nc(NC(=O)c2cscn2)n1. The first-order valence-electron chi connectivity index (χ1n) is 4.78. The van der Waals surface area contributed by atoms with Crippen LogP contribution >= 0.6 is 11.3 Å². The molecule has 0 fully saturated rings. The van der Waals surface area contributed by atoms with E-state index < -0.39 is 0 Å². The lowest BCUT2D eigenvalue weighted by molar-refractivity contribution is 0.102. The van der Waals surface area contributed by atoms with Crippen molar-refractivity contribution in [3.05, 3.63) is 28.3 Å². The van der Waals surface area contributed by atoms with E-state index in [9.17, 15) is 4.79 Å². The summed E-state index contributed by atoms with van der Waals surface area (Å²) in [4.78, 5) is 23.7. The number of thiazole rings is 1. The van der Waals surface area contributed by atoms with Gasteiger partial charge in [-0.05, 0) is 6.92 Å². The van der Waals surface area contributed by atoms with Crippen LogP contribution in [0.2, 0.25) is 0 Å². The number of methoxy groups -OCH3 is 1. The molecule has 1 N–H and O–H groups in total. The fourth-order valence-electron chi connectivity index (χ4n) is 1.19. The second-order valence-electron chi connectivity index (χ2n) is 3.20. The molecule has 0 spiro atoms. The van der Waals surface area contributed by atoms with Crippen LogP contribution in [0.4, 0.5) is 5.95 Å². The molecule has 0 atom stereocenters. The Morgan fingerprint density at radius 1 is 1.47 bits per heavy atom. The summed E-state index contributed by atoms with van der Waals surface area (Å²) in [5, 5.41) is 4.22. The van der Waals surface area contributed by atoms with E-state index in [4.69, 9.17) is 4.74 Å². The molecular formula is C10H10N4O2S. The molecule has 0 unspecified atom stereocenters. The molecule has 0 aliphatic carbocycles. The van der Waals surface area contributed by atoms with Gasteiger partial charge >= 0.3 is 0 Å². The van der Waals surface area contributed by atoms with Gasteiger partial charge < -0.3 is 4.74 Å². The lowest BCUT2D eigenvalue weighted by atomic mass is 10.4. The van der Waals surface area contributed by atoms with Crippen molar-refractivity contribution in [1.82, 2.24) is 15.0 Å². The Balaban J connectivity index is 2.18. The zero-order valence-corrected chi connectivity index (χ0v) is 10.1. The third kappa shape index (κ3) is 2.76. The Hall–Kier alpha value is -2.02. The van der Waals surface area contributed by atoms with Gasteiger partial charge in [0.1, 0.15) is 5.69 Å². The maximum Gasteiger partial charge on any atom is 0.277 e. The highest BCUT2D eigenvalue weighted by Crippen LogP contribution is 2.12. The lowest BCUT2D eigenvalue weighted by Gasteiger charge is -2.05. The molecule has 1 amide bonds. The van der Waals surface area contributed by atoms with Crippen LogP contribution < -0.4 is 10.1 Å². The molecule has 2 aromatic rings. The van der Waals surface area contributed by atoms with E-state index >= 15 is 0 Å². The van der Waals surface area contributed by atoms with E-state index in [0.717, 1.165) is 0 Å². The normalized spacial score (nSPS) is 10.0. The number of aromatic nitrogens is 3. The number of anilines is 1. The van der Waals surface area contributed by atoms with Gasteiger partial charge in [0.25, 0.3) is 5.91 Å². The van der Waals surface area contributed by atoms with Crippen molar-refractivity contribution in [3.63, 3.8) is 0 Å². The largest absolute Gasteiger partial charge is 0.481 e. The van der Waals surface area contributed by atoms with Gasteiger partial charge in [0.05, 0.1) is 12.6 Å². The topological polar surface area (TPSA) is 77.0 Å². The Morgan fingerprint density at radius 3 is 2.94 bits per heavy atom. The molecule has 17 heavy (non-hydrogen) atoms. The Kier molecular flexibility index (Phi) is 3.29. The average molecular weight is 250 g/mol. The van der Waals surface area contributed by atoms with Crippen LogP contribution in [-0.2, 0) is 0 Å². The van der Waals surface area contributed by atoms with Crippen LogP contribution in [0.25, 0.3) is 0 Å². The zero-order chi connectivity index (χ0) is 12.3. The van der Waals surface area contributed by atoms with Crippen LogP contribution in [0.1, 0.15) is 16.2 Å². The molecule has 88 valence electrons. The molecule has 0 saturated heterocycles. The summed E-state index contributed by atoms with van der Waals surface area (Å²) in [5.41, 5.74) is 2.65. The van der Waals surface area contributed by atoms with Gasteiger partial charge in [0.15, 0.2) is 0 Å². The van der Waals surface area contributed by atoms with Gasteiger partial charge in [-0.25, -0.2) is 9.97 Å². The molecule has 2 heterocycles. The number of amides is 1. The molecule has 2 rings (SSSR count). The Labute approximate surface area is 102 Å². The van der Waals surface area contributed by atoms with Crippen LogP contribution in [0.5, 0.6) is 5.88 Å². The van der Waals surface area contributed by atoms with Gasteiger partial charge in [-0.3, -0.25) is 10.1 Å². The Morgan fingerprint density at radius 2 is 2.29 bits per heavy atom. The highest BCUT2D eigenvalue weighted by Gasteiger charge is 2.10. The van der Waals surface area contributed by atoms with Gasteiger partial charge in [-0.15, -0.1) is 11.3 Å². The second kappa shape index (κ2) is 4.88. The summed E-state index contributed by atoms with van der Waals surface area (Å²) in [6.45, 7) is 1.79. The summed E-state index contributed by atoms with van der Waals surface area (Å²) in [6.07, 6.45) is 0. The number of carbonyl (C=O) groups is 1. The van der Waals surface area contributed by atoms with Crippen molar-refractivity contribution in [3.8, 4) is 5.88 Å². The average Bonchev–Trinajstić information content (AvgIpc) is 2.81. The molecule has 0 aromatic carbocycles. The van der Waals surface area contributed by atoms with Gasteiger partial charge in [0.2, 0.25) is 11.8 Å². The van der Waals surface area contributed by atoms with Crippen molar-refractivity contribution >= 4 is 23.2 Å². The predicted molar refractivity (Wildman–Crippen MR) is 63.4 cm³/mol. The summed E-state index contributed by atoms with van der Waals surface area (Å²) < 4.78 is 4.99. The lowest BCUT2D eigenvalue weighted by Crippen LogP contribution is -2.15. The summed E-state index contributed by atoms with van der Waals surface area (Å²) in [7, 11) is 1.51. The maximum absolute atomic E-state index is 11.7. The minimum absolute atomic E-state index is 0.208. The van der Waals surface area contributed by atoms with Crippen LogP contribution in [-0.4, -0.2) is 28.0 Å². The standard InChI is InChI=1S/C10H10N4O2S/c1-6-3-8(16-2)13-10(12-6)14-9(15)7-4-17-5-11-7/h3-5H,1-2H3,(H,12,13,14,15). The number of nitrogens with one attached hydrogen (secondary N) is 1. The molecular weight excluding hydrogens is 240 g/mol. The number of aryl methyl sites for hydroxylation is 1. The number of nitrogens with zero attached hydrogens (tertiary/aromatic N) is 3. The van der Waals surface area contributed by atoms with Crippen molar-refractivity contribution in [1.29, 1.82) is 0 Å². The molecule has 0 radical (unpaired) electrons. The van der Waals surface area contributed by atoms with Crippen molar-refractivity contribution in [2.45, 2.75) is 6.92 Å². The van der Waals surface area contributed by atoms with Crippen LogP contribution in [0.3, 0.4) is 0 Å². The predicted octanol–water partition coefficient (Wildman–Crippen LogP) is 1.50. The molecule has 0 bridgehead atoms. The second-order valence-corrected chi connectivity index (χ2v) is 3.92. The van der Waals surface area contributed by atoms with E-state index in [1.807, 2.05) is 0 Å². The third-order valence-corrected chi connectivity index (χ3v) is 2.52. The molecule has 6 nitrogen and oxygen atoms in total. The minimum Gasteiger partial charge on any atom is -0.481 e. The fraction of sp³-hybridized carbons (Fsp3) is 0.200. The van der Waals surface area contributed by atoms with E-state index in [2.05, 4.69) is 20.3 Å². The maximum atomic E-state index is 11.7.